The minimum atomic E-state index is 0.360. The van der Waals surface area contributed by atoms with Crippen molar-refractivity contribution in [2.75, 3.05) is 24.2 Å². The van der Waals surface area contributed by atoms with Gasteiger partial charge < -0.3 is 20.1 Å². The molecule has 0 bridgehead atoms. The first kappa shape index (κ1) is 16.6. The quantitative estimate of drug-likeness (QED) is 0.856. The van der Waals surface area contributed by atoms with Crippen molar-refractivity contribution < 1.29 is 4.52 Å². The predicted octanol–water partition coefficient (Wildman–Crippen LogP) is 3.06. The molecule has 0 radical (unpaired) electrons. The molecule has 26 heavy (non-hydrogen) atoms. The van der Waals surface area contributed by atoms with Crippen molar-refractivity contribution in [3.8, 4) is 0 Å². The van der Waals surface area contributed by atoms with Gasteiger partial charge in [-0.15, -0.1) is 0 Å². The van der Waals surface area contributed by atoms with E-state index in [1.807, 2.05) is 6.20 Å². The molecule has 7 nitrogen and oxygen atoms in total. The second-order valence-corrected chi connectivity index (χ2v) is 7.01. The van der Waals surface area contributed by atoms with E-state index >= 15 is 0 Å². The summed E-state index contributed by atoms with van der Waals surface area (Å²) in [5.74, 6) is 2.09. The molecule has 2 aromatic heterocycles. The molecule has 2 aliphatic rings. The van der Waals surface area contributed by atoms with E-state index in [0.29, 0.717) is 23.9 Å². The predicted molar refractivity (Wildman–Crippen MR) is 102 cm³/mol. The maximum absolute atomic E-state index is 5.00. The molecular formula is C19H24N6O. The summed E-state index contributed by atoms with van der Waals surface area (Å²) in [6.45, 7) is 2.71. The Labute approximate surface area is 153 Å². The number of nitrogens with zero attached hydrogens (tertiary/aromatic N) is 4. The highest BCUT2D eigenvalue weighted by atomic mass is 16.5. The first-order valence-electron chi connectivity index (χ1n) is 9.03. The molecule has 1 aliphatic heterocycles. The highest BCUT2D eigenvalue weighted by Crippen LogP contribution is 2.25. The highest BCUT2D eigenvalue weighted by molar-refractivity contribution is 5.69. The van der Waals surface area contributed by atoms with Gasteiger partial charge in [-0.05, 0) is 60.0 Å². The van der Waals surface area contributed by atoms with Crippen LogP contribution >= 0.6 is 0 Å². The molecule has 0 unspecified atom stereocenters. The van der Waals surface area contributed by atoms with Gasteiger partial charge in [0.15, 0.2) is 0 Å². The molecule has 0 saturated heterocycles. The van der Waals surface area contributed by atoms with Crippen molar-refractivity contribution in [1.82, 2.24) is 20.0 Å². The molecule has 0 amide bonds. The first-order valence-corrected chi connectivity index (χ1v) is 9.03. The zero-order valence-corrected chi connectivity index (χ0v) is 15.1. The maximum atomic E-state index is 5.00. The van der Waals surface area contributed by atoms with Crippen molar-refractivity contribution in [2.45, 2.75) is 38.3 Å². The average molecular weight is 352 g/mol. The Balaban J connectivity index is 1.32. The minimum absolute atomic E-state index is 0.360. The smallest absolute Gasteiger partial charge is 0.263 e. The van der Waals surface area contributed by atoms with Crippen molar-refractivity contribution in [1.29, 1.82) is 0 Å². The van der Waals surface area contributed by atoms with Gasteiger partial charge in [-0.25, -0.2) is 4.98 Å². The molecular weight excluding hydrogens is 328 g/mol. The first-order chi connectivity index (χ1) is 12.7. The van der Waals surface area contributed by atoms with E-state index in [4.69, 9.17) is 4.52 Å². The third kappa shape index (κ3) is 3.87. The Morgan fingerprint density at radius 3 is 2.73 bits per heavy atom. The van der Waals surface area contributed by atoms with Crippen LogP contribution in [0, 0.1) is 6.92 Å². The topological polar surface area (TPSA) is 79.1 Å². The van der Waals surface area contributed by atoms with E-state index in [-0.39, 0.29) is 0 Å². The Morgan fingerprint density at radius 1 is 1.19 bits per heavy atom. The molecule has 1 saturated carbocycles. The number of aromatic nitrogens is 3. The number of anilines is 2. The van der Waals surface area contributed by atoms with Gasteiger partial charge in [0.25, 0.3) is 5.95 Å². The second-order valence-electron chi connectivity index (χ2n) is 7.01. The molecule has 4 rings (SSSR count). The lowest BCUT2D eigenvalue weighted by atomic mass is 10.1. The third-order valence-corrected chi connectivity index (χ3v) is 4.84. The SMILES string of the molecule is Cc1nc(N[C@H]2CC[C@H](Nc3ccc(C4=CC=CN(C)C4)cn3)C2)no1. The molecule has 0 spiro atoms. The molecule has 2 atom stereocenters. The van der Waals surface area contributed by atoms with Gasteiger partial charge in [0.05, 0.1) is 0 Å². The maximum Gasteiger partial charge on any atom is 0.263 e. The van der Waals surface area contributed by atoms with Crippen LogP contribution in [0.15, 0.2) is 41.2 Å². The fourth-order valence-electron chi connectivity index (χ4n) is 3.53. The zero-order chi connectivity index (χ0) is 17.9. The number of rotatable bonds is 5. The summed E-state index contributed by atoms with van der Waals surface area (Å²) < 4.78 is 5.00. The Hall–Kier alpha value is -2.83. The van der Waals surface area contributed by atoms with Crippen molar-refractivity contribution in [3.05, 3.63) is 48.1 Å². The van der Waals surface area contributed by atoms with Crippen molar-refractivity contribution in [2.24, 2.45) is 0 Å². The Kier molecular flexibility index (Phi) is 4.60. The van der Waals surface area contributed by atoms with Crippen LogP contribution in [0.3, 0.4) is 0 Å². The monoisotopic (exact) mass is 352 g/mol. The summed E-state index contributed by atoms with van der Waals surface area (Å²) in [4.78, 5) is 11.0. The van der Waals surface area contributed by atoms with Crippen LogP contribution in [-0.2, 0) is 0 Å². The molecule has 2 N–H and O–H groups in total. The minimum Gasteiger partial charge on any atom is -0.376 e. The molecule has 0 aromatic carbocycles. The summed E-state index contributed by atoms with van der Waals surface area (Å²) in [5, 5.41) is 10.8. The standard InChI is InChI=1S/C19H24N6O/c1-13-21-19(24-26-13)23-17-7-6-16(10-17)22-18-8-5-14(11-20-18)15-4-3-9-25(2)12-15/h3-5,8-9,11,16-17H,6-7,10,12H2,1-2H3,(H,20,22)(H,23,24)/t16-,17-/m0/s1. The molecule has 2 aromatic rings. The number of nitrogens with one attached hydrogen (secondary N) is 2. The molecule has 3 heterocycles. The van der Waals surface area contributed by atoms with Crippen LogP contribution in [-0.4, -0.2) is 45.7 Å². The van der Waals surface area contributed by atoms with Gasteiger partial charge in [-0.3, -0.25) is 0 Å². The van der Waals surface area contributed by atoms with Gasteiger partial charge in [-0.1, -0.05) is 6.08 Å². The molecule has 7 heteroatoms. The van der Waals surface area contributed by atoms with E-state index in [1.54, 1.807) is 6.92 Å². The number of allylic oxidation sites excluding steroid dienone is 2. The van der Waals surface area contributed by atoms with Crippen LogP contribution in [0.1, 0.15) is 30.7 Å². The van der Waals surface area contributed by atoms with Crippen LogP contribution in [0.25, 0.3) is 5.57 Å². The van der Waals surface area contributed by atoms with Gasteiger partial charge >= 0.3 is 0 Å². The van der Waals surface area contributed by atoms with Crippen LogP contribution in [0.2, 0.25) is 0 Å². The Bertz CT molecular complexity index is 810. The number of likely N-dealkylation sites (N-methyl/N-ethyl adjacent to an activating group) is 1. The van der Waals surface area contributed by atoms with Crippen molar-refractivity contribution >= 4 is 17.3 Å². The van der Waals surface area contributed by atoms with E-state index in [1.165, 1.54) is 11.1 Å². The van der Waals surface area contributed by atoms with Crippen molar-refractivity contribution in [3.63, 3.8) is 0 Å². The highest BCUT2D eigenvalue weighted by Gasteiger charge is 2.25. The fourth-order valence-corrected chi connectivity index (χ4v) is 3.53. The second kappa shape index (κ2) is 7.19. The summed E-state index contributed by atoms with van der Waals surface area (Å²) >= 11 is 0. The number of hydrogen-bond acceptors (Lipinski definition) is 7. The van der Waals surface area contributed by atoms with E-state index in [0.717, 1.165) is 31.6 Å². The van der Waals surface area contributed by atoms with Crippen LogP contribution < -0.4 is 10.6 Å². The average Bonchev–Trinajstić information content (AvgIpc) is 3.25. The lowest BCUT2D eigenvalue weighted by Crippen LogP contribution is -2.21. The van der Waals surface area contributed by atoms with E-state index in [9.17, 15) is 0 Å². The van der Waals surface area contributed by atoms with E-state index in [2.05, 4.69) is 68.2 Å². The lowest BCUT2D eigenvalue weighted by Gasteiger charge is -2.20. The van der Waals surface area contributed by atoms with Crippen LogP contribution in [0.4, 0.5) is 11.8 Å². The molecule has 1 fully saturated rings. The van der Waals surface area contributed by atoms with Gasteiger partial charge in [0.2, 0.25) is 5.89 Å². The molecule has 1 aliphatic carbocycles. The summed E-state index contributed by atoms with van der Waals surface area (Å²) in [7, 11) is 2.08. The molecule has 136 valence electrons. The lowest BCUT2D eigenvalue weighted by molar-refractivity contribution is 0.394. The van der Waals surface area contributed by atoms with Crippen LogP contribution in [0.5, 0.6) is 0 Å². The van der Waals surface area contributed by atoms with E-state index < -0.39 is 0 Å². The third-order valence-electron chi connectivity index (χ3n) is 4.84. The largest absolute Gasteiger partial charge is 0.376 e. The summed E-state index contributed by atoms with van der Waals surface area (Å²) in [6, 6.07) is 4.97. The fraction of sp³-hybridized carbons (Fsp3) is 0.421. The van der Waals surface area contributed by atoms with Gasteiger partial charge in [0, 0.05) is 38.8 Å². The summed E-state index contributed by atoms with van der Waals surface area (Å²) in [5.41, 5.74) is 2.46. The number of pyridine rings is 1. The zero-order valence-electron chi connectivity index (χ0n) is 15.1. The van der Waals surface area contributed by atoms with Gasteiger partial charge in [-0.2, -0.15) is 4.98 Å². The summed E-state index contributed by atoms with van der Waals surface area (Å²) in [6.07, 6.45) is 11.4. The number of hydrogen-bond donors (Lipinski definition) is 2. The normalized spacial score (nSPS) is 22.4. The van der Waals surface area contributed by atoms with Gasteiger partial charge in [0.1, 0.15) is 5.82 Å². The Morgan fingerprint density at radius 2 is 2.04 bits per heavy atom. The number of aryl methyl sites for hydroxylation is 1.